The molecule has 0 saturated carbocycles. The molecule has 0 spiro atoms. The van der Waals surface area contributed by atoms with E-state index in [4.69, 9.17) is 9.47 Å². The van der Waals surface area contributed by atoms with Gasteiger partial charge in [-0.15, -0.1) is 0 Å². The molecule has 0 heterocycles. The summed E-state index contributed by atoms with van der Waals surface area (Å²) in [5.74, 6) is 0.942. The number of aryl methyl sites for hydroxylation is 1. The van der Waals surface area contributed by atoms with Gasteiger partial charge in [0.05, 0.1) is 6.10 Å². The summed E-state index contributed by atoms with van der Waals surface area (Å²) in [5.41, 5.74) is 1.37. The van der Waals surface area contributed by atoms with Crippen molar-refractivity contribution >= 4 is 0 Å². The lowest BCUT2D eigenvalue weighted by Crippen LogP contribution is -2.25. The fourth-order valence-electron chi connectivity index (χ4n) is 2.14. The van der Waals surface area contributed by atoms with E-state index in [0.717, 1.165) is 38.2 Å². The largest absolute Gasteiger partial charge is 0.491 e. The molecule has 1 N–H and O–H groups in total. The summed E-state index contributed by atoms with van der Waals surface area (Å²) in [6.45, 7) is 8.23. The second-order valence-electron chi connectivity index (χ2n) is 5.35. The van der Waals surface area contributed by atoms with Gasteiger partial charge < -0.3 is 14.8 Å². The smallest absolute Gasteiger partial charge is 0.119 e. The fraction of sp³-hybridized carbons (Fsp3) is 0.647. The Bertz CT molecular complexity index is 351. The summed E-state index contributed by atoms with van der Waals surface area (Å²) in [5, 5.41) is 3.44. The number of benzene rings is 1. The van der Waals surface area contributed by atoms with E-state index in [9.17, 15) is 0 Å². The van der Waals surface area contributed by atoms with E-state index in [1.165, 1.54) is 5.56 Å². The SMILES string of the molecule is CCNC(C)CCc1ccc(OC(C)CCOC)cc1. The van der Waals surface area contributed by atoms with Gasteiger partial charge in [0, 0.05) is 26.2 Å². The predicted molar refractivity (Wildman–Crippen MR) is 84.5 cm³/mol. The Labute approximate surface area is 123 Å². The molecule has 0 saturated heterocycles. The lowest BCUT2D eigenvalue weighted by molar-refractivity contribution is 0.135. The molecule has 114 valence electrons. The molecule has 0 aromatic heterocycles. The molecule has 0 amide bonds. The summed E-state index contributed by atoms with van der Waals surface area (Å²) >= 11 is 0. The quantitative estimate of drug-likeness (QED) is 0.712. The second kappa shape index (κ2) is 9.78. The first-order valence-electron chi connectivity index (χ1n) is 7.63. The first-order chi connectivity index (χ1) is 9.65. The lowest BCUT2D eigenvalue weighted by Gasteiger charge is -2.15. The Balaban J connectivity index is 2.36. The van der Waals surface area contributed by atoms with Crippen molar-refractivity contribution in [2.45, 2.75) is 52.2 Å². The second-order valence-corrected chi connectivity index (χ2v) is 5.35. The van der Waals surface area contributed by atoms with E-state index in [-0.39, 0.29) is 6.10 Å². The number of rotatable bonds is 10. The van der Waals surface area contributed by atoms with Gasteiger partial charge in [-0.1, -0.05) is 19.1 Å². The van der Waals surface area contributed by atoms with Crippen LogP contribution in [0.3, 0.4) is 0 Å². The van der Waals surface area contributed by atoms with Crippen LogP contribution < -0.4 is 10.1 Å². The first kappa shape index (κ1) is 17.0. The van der Waals surface area contributed by atoms with Gasteiger partial charge in [-0.2, -0.15) is 0 Å². The van der Waals surface area contributed by atoms with Crippen molar-refractivity contribution in [2.75, 3.05) is 20.3 Å². The Morgan fingerprint density at radius 2 is 1.80 bits per heavy atom. The molecule has 2 unspecified atom stereocenters. The van der Waals surface area contributed by atoms with Gasteiger partial charge in [-0.25, -0.2) is 0 Å². The van der Waals surface area contributed by atoms with Crippen LogP contribution in [0.2, 0.25) is 0 Å². The zero-order chi connectivity index (χ0) is 14.8. The molecule has 3 nitrogen and oxygen atoms in total. The van der Waals surface area contributed by atoms with Crippen LogP contribution in [0.5, 0.6) is 5.75 Å². The number of methoxy groups -OCH3 is 1. The van der Waals surface area contributed by atoms with Crippen LogP contribution in [0.25, 0.3) is 0 Å². The molecule has 1 aromatic rings. The van der Waals surface area contributed by atoms with Gasteiger partial charge in [-0.3, -0.25) is 0 Å². The minimum Gasteiger partial charge on any atom is -0.491 e. The molecule has 0 fully saturated rings. The van der Waals surface area contributed by atoms with Crippen molar-refractivity contribution in [2.24, 2.45) is 0 Å². The van der Waals surface area contributed by atoms with E-state index in [0.29, 0.717) is 6.04 Å². The number of hydrogen-bond acceptors (Lipinski definition) is 3. The lowest BCUT2D eigenvalue weighted by atomic mass is 10.1. The molecular weight excluding hydrogens is 250 g/mol. The molecule has 0 radical (unpaired) electrons. The topological polar surface area (TPSA) is 30.5 Å². The number of ether oxygens (including phenoxy) is 2. The minimum absolute atomic E-state index is 0.189. The Morgan fingerprint density at radius 3 is 2.40 bits per heavy atom. The van der Waals surface area contributed by atoms with E-state index in [1.54, 1.807) is 7.11 Å². The van der Waals surface area contributed by atoms with Gasteiger partial charge in [0.2, 0.25) is 0 Å². The van der Waals surface area contributed by atoms with Crippen molar-refractivity contribution in [1.29, 1.82) is 0 Å². The average molecular weight is 279 g/mol. The Morgan fingerprint density at radius 1 is 1.10 bits per heavy atom. The van der Waals surface area contributed by atoms with E-state index in [1.807, 2.05) is 0 Å². The van der Waals surface area contributed by atoms with Crippen LogP contribution in [0.4, 0.5) is 0 Å². The van der Waals surface area contributed by atoms with Crippen LogP contribution in [0, 0.1) is 0 Å². The summed E-state index contributed by atoms with van der Waals surface area (Å²) in [7, 11) is 1.72. The van der Waals surface area contributed by atoms with Gasteiger partial charge in [0.15, 0.2) is 0 Å². The number of nitrogens with one attached hydrogen (secondary N) is 1. The highest BCUT2D eigenvalue weighted by Crippen LogP contribution is 2.16. The standard InChI is InChI=1S/C17H29NO2/c1-5-18-14(2)6-7-16-8-10-17(11-9-16)20-15(3)12-13-19-4/h8-11,14-15,18H,5-7,12-13H2,1-4H3. The first-order valence-corrected chi connectivity index (χ1v) is 7.63. The highest BCUT2D eigenvalue weighted by Gasteiger charge is 2.04. The molecule has 2 atom stereocenters. The number of hydrogen-bond donors (Lipinski definition) is 1. The highest BCUT2D eigenvalue weighted by atomic mass is 16.5. The molecule has 1 aromatic carbocycles. The van der Waals surface area contributed by atoms with Crippen LogP contribution in [-0.4, -0.2) is 32.4 Å². The molecular formula is C17H29NO2. The van der Waals surface area contributed by atoms with Crippen molar-refractivity contribution in [3.8, 4) is 5.75 Å². The van der Waals surface area contributed by atoms with Crippen molar-refractivity contribution in [3.05, 3.63) is 29.8 Å². The normalized spacial score (nSPS) is 14.0. The van der Waals surface area contributed by atoms with Crippen molar-refractivity contribution in [1.82, 2.24) is 5.32 Å². The van der Waals surface area contributed by atoms with Gasteiger partial charge in [0.1, 0.15) is 5.75 Å². The summed E-state index contributed by atoms with van der Waals surface area (Å²) in [4.78, 5) is 0. The maximum Gasteiger partial charge on any atom is 0.119 e. The third-order valence-electron chi connectivity index (χ3n) is 3.41. The van der Waals surface area contributed by atoms with E-state index >= 15 is 0 Å². The van der Waals surface area contributed by atoms with Crippen molar-refractivity contribution < 1.29 is 9.47 Å². The zero-order valence-electron chi connectivity index (χ0n) is 13.3. The average Bonchev–Trinajstić information content (AvgIpc) is 2.45. The molecule has 0 aliphatic rings. The van der Waals surface area contributed by atoms with E-state index in [2.05, 4.69) is 50.4 Å². The van der Waals surface area contributed by atoms with E-state index < -0.39 is 0 Å². The van der Waals surface area contributed by atoms with Gasteiger partial charge >= 0.3 is 0 Å². The fourth-order valence-corrected chi connectivity index (χ4v) is 2.14. The third-order valence-corrected chi connectivity index (χ3v) is 3.41. The molecule has 0 aliphatic carbocycles. The van der Waals surface area contributed by atoms with Crippen LogP contribution in [0.15, 0.2) is 24.3 Å². The Hall–Kier alpha value is -1.06. The molecule has 1 rings (SSSR count). The highest BCUT2D eigenvalue weighted by molar-refractivity contribution is 5.27. The maximum absolute atomic E-state index is 5.84. The van der Waals surface area contributed by atoms with Gasteiger partial charge in [-0.05, 0) is 50.9 Å². The predicted octanol–water partition coefficient (Wildman–Crippen LogP) is 3.42. The molecule has 0 bridgehead atoms. The van der Waals surface area contributed by atoms with Crippen LogP contribution in [0.1, 0.15) is 39.2 Å². The van der Waals surface area contributed by atoms with Gasteiger partial charge in [0.25, 0.3) is 0 Å². The zero-order valence-corrected chi connectivity index (χ0v) is 13.3. The molecule has 0 aliphatic heterocycles. The summed E-state index contributed by atoms with van der Waals surface area (Å²) in [6, 6.07) is 9.03. The Kier molecular flexibility index (Phi) is 8.31. The van der Waals surface area contributed by atoms with Crippen molar-refractivity contribution in [3.63, 3.8) is 0 Å². The summed E-state index contributed by atoms with van der Waals surface area (Å²) in [6.07, 6.45) is 3.37. The van der Waals surface area contributed by atoms with Crippen LogP contribution >= 0.6 is 0 Å². The minimum atomic E-state index is 0.189. The third kappa shape index (κ3) is 6.92. The monoisotopic (exact) mass is 279 g/mol. The molecule has 20 heavy (non-hydrogen) atoms. The van der Waals surface area contributed by atoms with Crippen LogP contribution in [-0.2, 0) is 11.2 Å². The summed E-state index contributed by atoms with van der Waals surface area (Å²) < 4.78 is 10.9. The molecule has 3 heteroatoms. The maximum atomic E-state index is 5.84.